The minimum absolute atomic E-state index is 0.00303. The molecular formula is C18H24FN3O2. The predicted molar refractivity (Wildman–Crippen MR) is 91.6 cm³/mol. The van der Waals surface area contributed by atoms with E-state index in [4.69, 9.17) is 4.74 Å². The van der Waals surface area contributed by atoms with Gasteiger partial charge in [-0.05, 0) is 30.2 Å². The Bertz CT molecular complexity index is 713. The Morgan fingerprint density at radius 1 is 1.46 bits per heavy atom. The van der Waals surface area contributed by atoms with Gasteiger partial charge in [-0.25, -0.2) is 4.39 Å². The van der Waals surface area contributed by atoms with Crippen molar-refractivity contribution in [1.82, 2.24) is 15.2 Å². The molecule has 6 heteroatoms. The summed E-state index contributed by atoms with van der Waals surface area (Å²) in [4.78, 5) is 17.7. The van der Waals surface area contributed by atoms with E-state index in [2.05, 4.69) is 29.0 Å². The number of amides is 1. The Balaban J connectivity index is 1.56. The molecule has 2 aromatic rings. The fraction of sp³-hybridized carbons (Fsp3) is 0.500. The number of fused-ring (bicyclic) bond motifs is 1. The van der Waals surface area contributed by atoms with Crippen molar-refractivity contribution in [3.05, 3.63) is 35.8 Å². The van der Waals surface area contributed by atoms with Gasteiger partial charge in [0.2, 0.25) is 0 Å². The summed E-state index contributed by atoms with van der Waals surface area (Å²) in [7, 11) is 0. The number of nitrogens with zero attached hydrogens (tertiary/aromatic N) is 1. The van der Waals surface area contributed by atoms with Gasteiger partial charge in [-0.3, -0.25) is 9.69 Å². The summed E-state index contributed by atoms with van der Waals surface area (Å²) in [6.07, 6.45) is 0.00303. The highest BCUT2D eigenvalue weighted by molar-refractivity contribution is 5.98. The highest BCUT2D eigenvalue weighted by atomic mass is 19.1. The van der Waals surface area contributed by atoms with Gasteiger partial charge < -0.3 is 15.0 Å². The van der Waals surface area contributed by atoms with Gasteiger partial charge in [0.15, 0.2) is 0 Å². The number of hydrogen-bond acceptors (Lipinski definition) is 3. The molecule has 5 nitrogen and oxygen atoms in total. The summed E-state index contributed by atoms with van der Waals surface area (Å²) in [5.41, 5.74) is 1.18. The number of nitrogens with one attached hydrogen (secondary N) is 2. The van der Waals surface area contributed by atoms with E-state index in [9.17, 15) is 9.18 Å². The third-order valence-electron chi connectivity index (χ3n) is 4.16. The molecule has 0 radical (unpaired) electrons. The molecule has 1 aromatic carbocycles. The van der Waals surface area contributed by atoms with E-state index in [1.165, 1.54) is 12.1 Å². The molecular weight excluding hydrogens is 309 g/mol. The van der Waals surface area contributed by atoms with Crippen LogP contribution in [0.4, 0.5) is 4.39 Å². The molecule has 1 atom stereocenters. The van der Waals surface area contributed by atoms with Crippen molar-refractivity contribution in [2.24, 2.45) is 5.92 Å². The second-order valence-corrected chi connectivity index (χ2v) is 6.77. The van der Waals surface area contributed by atoms with Crippen molar-refractivity contribution in [2.45, 2.75) is 20.0 Å². The molecule has 24 heavy (non-hydrogen) atoms. The number of H-pyrrole nitrogens is 1. The van der Waals surface area contributed by atoms with Crippen LogP contribution in [0.3, 0.4) is 0 Å². The lowest BCUT2D eigenvalue weighted by Gasteiger charge is -2.33. The maximum absolute atomic E-state index is 13.2. The maximum atomic E-state index is 13.2. The van der Waals surface area contributed by atoms with Gasteiger partial charge >= 0.3 is 0 Å². The van der Waals surface area contributed by atoms with Gasteiger partial charge in [0.1, 0.15) is 11.5 Å². The lowest BCUT2D eigenvalue weighted by molar-refractivity contribution is -0.0295. The molecule has 2 heterocycles. The second kappa shape index (κ2) is 7.32. The van der Waals surface area contributed by atoms with Gasteiger partial charge in [-0.2, -0.15) is 0 Å². The van der Waals surface area contributed by atoms with Crippen molar-refractivity contribution in [1.29, 1.82) is 0 Å². The average molecular weight is 333 g/mol. The van der Waals surface area contributed by atoms with Crippen LogP contribution < -0.4 is 5.32 Å². The van der Waals surface area contributed by atoms with E-state index in [0.29, 0.717) is 30.1 Å². The van der Waals surface area contributed by atoms with Crippen LogP contribution in [0.1, 0.15) is 24.3 Å². The minimum atomic E-state index is -0.311. The number of carbonyl (C=O) groups excluding carboxylic acids is 1. The highest BCUT2D eigenvalue weighted by Gasteiger charge is 2.21. The Morgan fingerprint density at radius 3 is 3.08 bits per heavy atom. The number of carbonyl (C=O) groups is 1. The monoisotopic (exact) mass is 333 g/mol. The number of hydrogen-bond donors (Lipinski definition) is 2. The zero-order valence-electron chi connectivity index (χ0n) is 14.1. The van der Waals surface area contributed by atoms with Crippen LogP contribution in [-0.2, 0) is 4.74 Å². The molecule has 1 amide bonds. The van der Waals surface area contributed by atoms with Crippen LogP contribution in [0.2, 0.25) is 0 Å². The minimum Gasteiger partial charge on any atom is -0.374 e. The topological polar surface area (TPSA) is 57.4 Å². The van der Waals surface area contributed by atoms with Crippen LogP contribution >= 0.6 is 0 Å². The first-order valence-electron chi connectivity index (χ1n) is 8.41. The first kappa shape index (κ1) is 16.9. The number of benzene rings is 1. The number of halogens is 1. The Hall–Kier alpha value is -1.92. The predicted octanol–water partition coefficient (Wildman–Crippen LogP) is 2.39. The summed E-state index contributed by atoms with van der Waals surface area (Å²) >= 11 is 0. The largest absolute Gasteiger partial charge is 0.374 e. The fourth-order valence-electron chi connectivity index (χ4n) is 3.11. The highest BCUT2D eigenvalue weighted by Crippen LogP contribution is 2.16. The van der Waals surface area contributed by atoms with E-state index >= 15 is 0 Å². The van der Waals surface area contributed by atoms with E-state index in [0.717, 1.165) is 25.2 Å². The Morgan fingerprint density at radius 2 is 2.29 bits per heavy atom. The molecule has 1 aromatic heterocycles. The van der Waals surface area contributed by atoms with Gasteiger partial charge in [0.05, 0.1) is 12.7 Å². The van der Waals surface area contributed by atoms with Crippen LogP contribution in [0.25, 0.3) is 10.9 Å². The average Bonchev–Trinajstić information content (AvgIpc) is 2.95. The third-order valence-corrected chi connectivity index (χ3v) is 4.16. The van der Waals surface area contributed by atoms with E-state index in [-0.39, 0.29) is 17.8 Å². The number of aromatic amines is 1. The lowest BCUT2D eigenvalue weighted by Crippen LogP contribution is -2.48. The summed E-state index contributed by atoms with van der Waals surface area (Å²) in [6.45, 7) is 8.38. The molecule has 1 fully saturated rings. The molecule has 1 unspecified atom stereocenters. The van der Waals surface area contributed by atoms with Gasteiger partial charge in [-0.15, -0.1) is 0 Å². The number of ether oxygens (including phenoxy) is 1. The maximum Gasteiger partial charge on any atom is 0.267 e. The van der Waals surface area contributed by atoms with Crippen molar-refractivity contribution in [2.75, 3.05) is 32.8 Å². The van der Waals surface area contributed by atoms with Crippen LogP contribution in [0.5, 0.6) is 0 Å². The molecule has 0 spiro atoms. The zero-order chi connectivity index (χ0) is 17.1. The van der Waals surface area contributed by atoms with Crippen LogP contribution in [-0.4, -0.2) is 54.7 Å². The smallest absolute Gasteiger partial charge is 0.267 e. The number of aromatic nitrogens is 1. The summed E-state index contributed by atoms with van der Waals surface area (Å²) in [5, 5.41) is 3.59. The van der Waals surface area contributed by atoms with Crippen molar-refractivity contribution in [3.8, 4) is 0 Å². The number of morpholine rings is 1. The SMILES string of the molecule is CC(C)CN1CCOC(CNC(=O)c2cc3cc(F)ccc3[nH]2)C1. The van der Waals surface area contributed by atoms with E-state index in [1.54, 1.807) is 12.1 Å². The summed E-state index contributed by atoms with van der Waals surface area (Å²) < 4.78 is 19.0. The molecule has 2 N–H and O–H groups in total. The van der Waals surface area contributed by atoms with Gasteiger partial charge in [-0.1, -0.05) is 13.8 Å². The zero-order valence-corrected chi connectivity index (χ0v) is 14.1. The third kappa shape index (κ3) is 4.13. The molecule has 130 valence electrons. The lowest BCUT2D eigenvalue weighted by atomic mass is 10.2. The Kier molecular flexibility index (Phi) is 5.16. The first-order chi connectivity index (χ1) is 11.5. The number of rotatable bonds is 5. The van der Waals surface area contributed by atoms with Gasteiger partial charge in [0, 0.05) is 37.1 Å². The van der Waals surface area contributed by atoms with Crippen molar-refractivity contribution in [3.63, 3.8) is 0 Å². The van der Waals surface area contributed by atoms with Crippen LogP contribution in [0, 0.1) is 11.7 Å². The quantitative estimate of drug-likeness (QED) is 0.883. The fourth-order valence-corrected chi connectivity index (χ4v) is 3.11. The van der Waals surface area contributed by atoms with E-state index in [1.807, 2.05) is 0 Å². The standard InChI is InChI=1S/C18H24FN3O2/c1-12(2)10-22-5-6-24-15(11-22)9-20-18(23)17-8-13-7-14(19)3-4-16(13)21-17/h3-4,7-8,12,15,21H,5-6,9-11H2,1-2H3,(H,20,23). The molecule has 0 aliphatic carbocycles. The first-order valence-corrected chi connectivity index (χ1v) is 8.41. The summed E-state index contributed by atoms with van der Waals surface area (Å²) in [5.74, 6) is 0.107. The Labute approximate surface area is 141 Å². The van der Waals surface area contributed by atoms with Crippen LogP contribution in [0.15, 0.2) is 24.3 Å². The summed E-state index contributed by atoms with van der Waals surface area (Å²) in [6, 6.07) is 6.09. The van der Waals surface area contributed by atoms with E-state index < -0.39 is 0 Å². The molecule has 1 aliphatic rings. The molecule has 0 bridgehead atoms. The second-order valence-electron chi connectivity index (χ2n) is 6.77. The van der Waals surface area contributed by atoms with Gasteiger partial charge in [0.25, 0.3) is 5.91 Å². The molecule has 0 saturated carbocycles. The van der Waals surface area contributed by atoms with Crippen molar-refractivity contribution >= 4 is 16.8 Å². The normalized spacial score (nSPS) is 19.1. The van der Waals surface area contributed by atoms with Crippen molar-refractivity contribution < 1.29 is 13.9 Å². The molecule has 1 saturated heterocycles. The molecule has 3 rings (SSSR count). The molecule has 1 aliphatic heterocycles.